The Morgan fingerprint density at radius 3 is 2.03 bits per heavy atom. The monoisotopic (exact) mass is 482 g/mol. The Bertz CT molecular complexity index is 1420. The molecule has 4 aromatic rings. The van der Waals surface area contributed by atoms with Gasteiger partial charge >= 0.3 is 0 Å². The fourth-order valence-corrected chi connectivity index (χ4v) is 4.26. The molecule has 0 spiro atoms. The lowest BCUT2D eigenvalue weighted by molar-refractivity contribution is -0.132. The van der Waals surface area contributed by atoms with Crippen LogP contribution >= 0.6 is 0 Å². The summed E-state index contributed by atoms with van der Waals surface area (Å²) in [6.07, 6.45) is 1.48. The van der Waals surface area contributed by atoms with E-state index in [1.807, 2.05) is 0 Å². The highest BCUT2D eigenvalue weighted by Gasteiger charge is 2.47. The summed E-state index contributed by atoms with van der Waals surface area (Å²) in [6.45, 7) is 0. The number of amides is 1. The third kappa shape index (κ3) is 3.98. The summed E-state index contributed by atoms with van der Waals surface area (Å²) in [5, 5.41) is 15.2. The van der Waals surface area contributed by atoms with Crippen molar-refractivity contribution in [3.8, 4) is 22.8 Å². The van der Waals surface area contributed by atoms with Crippen molar-refractivity contribution in [2.24, 2.45) is 0 Å². The van der Waals surface area contributed by atoms with E-state index in [1.54, 1.807) is 86.0 Å². The lowest BCUT2D eigenvalue weighted by Crippen LogP contribution is -2.29. The van der Waals surface area contributed by atoms with E-state index >= 15 is 0 Å². The summed E-state index contributed by atoms with van der Waals surface area (Å²) in [5.41, 5.74) is 2.98. The smallest absolute Gasteiger partial charge is 0.300 e. The van der Waals surface area contributed by atoms with Gasteiger partial charge in [-0.05, 0) is 54.1 Å². The zero-order chi connectivity index (χ0) is 25.2. The van der Waals surface area contributed by atoms with E-state index in [-0.39, 0.29) is 11.3 Å². The Hall–Kier alpha value is -4.85. The fourth-order valence-electron chi connectivity index (χ4n) is 4.26. The first-order valence-corrected chi connectivity index (χ1v) is 11.1. The summed E-state index contributed by atoms with van der Waals surface area (Å²) in [7, 11) is 3.10. The first-order chi connectivity index (χ1) is 17.5. The molecule has 5 rings (SSSR count). The second-order valence-electron chi connectivity index (χ2n) is 8.10. The van der Waals surface area contributed by atoms with Gasteiger partial charge in [0.2, 0.25) is 0 Å². The number of ketones is 1. The quantitative estimate of drug-likeness (QED) is 0.235. The van der Waals surface area contributed by atoms with Crippen LogP contribution in [0.5, 0.6) is 11.5 Å². The van der Waals surface area contributed by atoms with E-state index in [1.165, 1.54) is 18.3 Å². The number of aliphatic hydroxyl groups excluding tert-OH is 1. The zero-order valence-corrected chi connectivity index (χ0v) is 19.5. The maximum atomic E-state index is 13.3. The number of carbonyl (C=O) groups excluding carboxylic acids is 2. The first-order valence-electron chi connectivity index (χ1n) is 11.1. The van der Waals surface area contributed by atoms with Crippen LogP contribution in [0.4, 0.5) is 5.69 Å². The van der Waals surface area contributed by atoms with Gasteiger partial charge in [0.25, 0.3) is 11.7 Å². The van der Waals surface area contributed by atoms with Gasteiger partial charge in [-0.2, -0.15) is 0 Å². The molecule has 0 bridgehead atoms. The van der Waals surface area contributed by atoms with Crippen molar-refractivity contribution in [2.45, 2.75) is 6.04 Å². The molecular formula is C28H22N2O6. The van der Waals surface area contributed by atoms with Crippen LogP contribution in [-0.4, -0.2) is 36.2 Å². The third-order valence-corrected chi connectivity index (χ3v) is 6.12. The molecule has 1 saturated heterocycles. The second-order valence-corrected chi connectivity index (χ2v) is 8.10. The molecule has 0 saturated carbocycles. The molecule has 0 aliphatic carbocycles. The predicted molar refractivity (Wildman–Crippen MR) is 133 cm³/mol. The molecule has 3 aromatic carbocycles. The Kier molecular flexibility index (Phi) is 6.00. The highest BCUT2D eigenvalue weighted by atomic mass is 16.5. The number of carbonyl (C=O) groups is 2. The van der Waals surface area contributed by atoms with E-state index < -0.39 is 17.7 Å². The molecule has 1 unspecified atom stereocenters. The average Bonchev–Trinajstić information content (AvgIpc) is 3.56. The van der Waals surface area contributed by atoms with E-state index in [4.69, 9.17) is 14.0 Å². The van der Waals surface area contributed by atoms with E-state index in [0.717, 1.165) is 5.56 Å². The summed E-state index contributed by atoms with van der Waals surface area (Å²) < 4.78 is 15.4. The van der Waals surface area contributed by atoms with Gasteiger partial charge in [0.15, 0.2) is 0 Å². The van der Waals surface area contributed by atoms with Gasteiger partial charge in [-0.25, -0.2) is 0 Å². The normalized spacial score (nSPS) is 16.8. The van der Waals surface area contributed by atoms with Crippen molar-refractivity contribution in [3.63, 3.8) is 0 Å². The number of aromatic nitrogens is 1. The van der Waals surface area contributed by atoms with Gasteiger partial charge in [0.05, 0.1) is 25.8 Å². The second kappa shape index (κ2) is 9.42. The van der Waals surface area contributed by atoms with Crippen molar-refractivity contribution in [1.82, 2.24) is 5.16 Å². The number of ether oxygens (including phenoxy) is 2. The van der Waals surface area contributed by atoms with Crippen LogP contribution < -0.4 is 14.4 Å². The maximum absolute atomic E-state index is 13.3. The van der Waals surface area contributed by atoms with Gasteiger partial charge in [0.1, 0.15) is 29.2 Å². The minimum absolute atomic E-state index is 0.00379. The van der Waals surface area contributed by atoms with Crippen LogP contribution in [0.1, 0.15) is 17.2 Å². The lowest BCUT2D eigenvalue weighted by atomic mass is 9.95. The van der Waals surface area contributed by atoms with Crippen LogP contribution in [0, 0.1) is 0 Å². The number of Topliss-reactive ketones (excluding diaryl/α,β-unsaturated/α-hetero) is 1. The number of rotatable bonds is 6. The Labute approximate surface area is 207 Å². The van der Waals surface area contributed by atoms with Crippen molar-refractivity contribution in [3.05, 3.63) is 102 Å². The third-order valence-electron chi connectivity index (χ3n) is 6.12. The highest BCUT2D eigenvalue weighted by molar-refractivity contribution is 6.51. The molecule has 180 valence electrons. The molecule has 8 heteroatoms. The first kappa shape index (κ1) is 22.9. The number of aliphatic hydroxyl groups is 1. The van der Waals surface area contributed by atoms with Crippen LogP contribution in [0.2, 0.25) is 0 Å². The van der Waals surface area contributed by atoms with Gasteiger partial charge in [0, 0.05) is 22.9 Å². The van der Waals surface area contributed by atoms with Gasteiger partial charge in [-0.15, -0.1) is 0 Å². The summed E-state index contributed by atoms with van der Waals surface area (Å²) >= 11 is 0. The number of hydrogen-bond acceptors (Lipinski definition) is 7. The minimum Gasteiger partial charge on any atom is -0.507 e. The summed E-state index contributed by atoms with van der Waals surface area (Å²) in [4.78, 5) is 28.0. The zero-order valence-electron chi connectivity index (χ0n) is 19.5. The van der Waals surface area contributed by atoms with Crippen LogP contribution in [0.15, 0.2) is 95.2 Å². The SMILES string of the molecule is COc1ccc(/C(O)=C2/C(=O)C(=O)N(c3ccc(-c4ccon4)cc3)C2c2ccc(OC)cc2)cc1. The van der Waals surface area contributed by atoms with Gasteiger partial charge in [-0.1, -0.05) is 29.4 Å². The van der Waals surface area contributed by atoms with Crippen molar-refractivity contribution < 1.29 is 28.7 Å². The molecule has 1 atom stereocenters. The van der Waals surface area contributed by atoms with Crippen molar-refractivity contribution >= 4 is 23.1 Å². The number of nitrogens with zero attached hydrogens (tertiary/aromatic N) is 2. The maximum Gasteiger partial charge on any atom is 0.300 e. The number of anilines is 1. The Morgan fingerprint density at radius 1 is 0.861 bits per heavy atom. The number of methoxy groups -OCH3 is 2. The summed E-state index contributed by atoms with van der Waals surface area (Å²) in [6, 6.07) is 21.6. The van der Waals surface area contributed by atoms with E-state index in [0.29, 0.717) is 34.0 Å². The standard InChI is InChI=1S/C28H22N2O6/c1-34-21-11-5-18(6-12-21)25-24(26(31)19-7-13-22(35-2)14-8-19)27(32)28(33)30(25)20-9-3-17(4-10-20)23-15-16-36-29-23/h3-16,25,31H,1-2H3/b26-24-. The lowest BCUT2D eigenvalue weighted by Gasteiger charge is -2.25. The highest BCUT2D eigenvalue weighted by Crippen LogP contribution is 2.43. The van der Waals surface area contributed by atoms with E-state index in [9.17, 15) is 14.7 Å². The molecule has 1 aromatic heterocycles. The summed E-state index contributed by atoms with van der Waals surface area (Å²) in [5.74, 6) is -0.544. The molecule has 36 heavy (non-hydrogen) atoms. The topological polar surface area (TPSA) is 102 Å². The molecule has 0 radical (unpaired) electrons. The molecule has 1 N–H and O–H groups in total. The molecule has 1 aliphatic rings. The van der Waals surface area contributed by atoms with Crippen molar-refractivity contribution in [1.29, 1.82) is 0 Å². The van der Waals surface area contributed by atoms with Crippen LogP contribution in [0.25, 0.3) is 17.0 Å². The fraction of sp³-hybridized carbons (Fsp3) is 0.107. The number of benzene rings is 3. The molecular weight excluding hydrogens is 460 g/mol. The average molecular weight is 482 g/mol. The van der Waals surface area contributed by atoms with Crippen LogP contribution in [0.3, 0.4) is 0 Å². The molecule has 1 amide bonds. The predicted octanol–water partition coefficient (Wildman–Crippen LogP) is 4.99. The molecule has 1 aliphatic heterocycles. The Morgan fingerprint density at radius 2 is 1.47 bits per heavy atom. The molecule has 8 nitrogen and oxygen atoms in total. The number of hydrogen-bond donors (Lipinski definition) is 1. The van der Waals surface area contributed by atoms with E-state index in [2.05, 4.69) is 5.16 Å². The molecule has 1 fully saturated rings. The largest absolute Gasteiger partial charge is 0.507 e. The minimum atomic E-state index is -0.851. The molecule has 2 heterocycles. The van der Waals surface area contributed by atoms with Crippen molar-refractivity contribution in [2.75, 3.05) is 19.1 Å². The van der Waals surface area contributed by atoms with Crippen LogP contribution in [-0.2, 0) is 9.59 Å². The van der Waals surface area contributed by atoms with Gasteiger partial charge in [-0.3, -0.25) is 14.5 Å². The Balaban J connectivity index is 1.63. The van der Waals surface area contributed by atoms with Gasteiger partial charge < -0.3 is 19.1 Å².